The number of unbranched alkanes of at least 4 members (excludes halogenated alkanes) is 4. The molecule has 0 radical (unpaired) electrons. The second-order valence-electron chi connectivity index (χ2n) is 3.23. The van der Waals surface area contributed by atoms with Crippen molar-refractivity contribution in [2.45, 2.75) is 45.4 Å². The molecule has 0 aliphatic rings. The van der Waals surface area contributed by atoms with E-state index in [4.69, 9.17) is 5.90 Å². The van der Waals surface area contributed by atoms with Crippen LogP contribution in [0.25, 0.3) is 0 Å². The predicted octanol–water partition coefficient (Wildman–Crippen LogP) is 2.04. The van der Waals surface area contributed by atoms with E-state index in [2.05, 4.69) is 35.1 Å². The average Bonchev–Trinajstić information content (AvgIpc) is 2.27. The van der Waals surface area contributed by atoms with Crippen molar-refractivity contribution in [3.8, 4) is 0 Å². The average molecular weight is 238 g/mol. The van der Waals surface area contributed by atoms with E-state index in [-0.39, 0.29) is 0 Å². The fraction of sp³-hybridized carbons (Fsp3) is 1.00. The van der Waals surface area contributed by atoms with Crippen molar-refractivity contribution in [1.29, 1.82) is 0 Å². The van der Waals surface area contributed by atoms with Crippen molar-refractivity contribution in [3.63, 3.8) is 0 Å². The van der Waals surface area contributed by atoms with Crippen molar-refractivity contribution in [1.82, 2.24) is 0 Å². The van der Waals surface area contributed by atoms with Gasteiger partial charge < -0.3 is 9.68 Å². The molecular weight excluding hydrogens is 212 g/mol. The van der Waals surface area contributed by atoms with Gasteiger partial charge in [0.25, 0.3) is 0 Å². The second-order valence-corrected chi connectivity index (χ2v) is 3.68. The fourth-order valence-corrected chi connectivity index (χ4v) is 1.07. The van der Waals surface area contributed by atoms with Crippen LogP contribution in [0, 0.1) is 0 Å². The highest BCUT2D eigenvalue weighted by molar-refractivity contribution is 7.80. The summed E-state index contributed by atoms with van der Waals surface area (Å²) in [6.45, 7) is 3.53. The molecule has 0 aliphatic carbocycles. The van der Waals surface area contributed by atoms with E-state index in [1.165, 1.54) is 25.7 Å². The lowest BCUT2D eigenvalue weighted by molar-refractivity contribution is 0.133. The Morgan fingerprint density at radius 3 is 1.80 bits per heavy atom. The van der Waals surface area contributed by atoms with Crippen LogP contribution in [0.4, 0.5) is 0 Å². The third kappa shape index (κ3) is 25.0. The smallest absolute Gasteiger partial charge is 0.0687 e. The molecule has 0 fully saturated rings. The topological polar surface area (TPSA) is 70.5 Å². The maximum Gasteiger partial charge on any atom is 0.0687 e. The lowest BCUT2D eigenvalue weighted by Crippen LogP contribution is -2.00. The zero-order valence-electron chi connectivity index (χ0n) is 9.78. The van der Waals surface area contributed by atoms with Crippen molar-refractivity contribution in [2.24, 2.45) is 11.8 Å². The van der Waals surface area contributed by atoms with Crippen LogP contribution >= 0.6 is 12.6 Å². The van der Waals surface area contributed by atoms with Gasteiger partial charge in [0, 0.05) is 0 Å². The minimum absolute atomic E-state index is 0.615. The summed E-state index contributed by atoms with van der Waals surface area (Å²) in [4.78, 5) is 8.66. The molecule has 0 bridgehead atoms. The fourth-order valence-electron chi connectivity index (χ4n) is 0.937. The van der Waals surface area contributed by atoms with E-state index in [9.17, 15) is 0 Å². The van der Waals surface area contributed by atoms with Gasteiger partial charge in [-0.1, -0.05) is 32.6 Å². The number of rotatable bonds is 9. The Bertz CT molecular complexity index is 87.5. The first-order valence-electron chi connectivity index (χ1n) is 5.57. The molecular formula is C10H26N2O2S. The molecule has 0 atom stereocenters. The van der Waals surface area contributed by atoms with Crippen LogP contribution in [0.1, 0.15) is 45.4 Å². The van der Waals surface area contributed by atoms with Gasteiger partial charge in [0.1, 0.15) is 0 Å². The summed E-state index contributed by atoms with van der Waals surface area (Å²) in [5, 5.41) is 0. The van der Waals surface area contributed by atoms with E-state index < -0.39 is 0 Å². The third-order valence-electron chi connectivity index (χ3n) is 1.79. The molecule has 0 aromatic rings. The van der Waals surface area contributed by atoms with Crippen molar-refractivity contribution in [2.75, 3.05) is 19.0 Å². The largest absolute Gasteiger partial charge is 0.305 e. The Balaban J connectivity index is 0. The molecule has 0 saturated carbocycles. The maximum absolute atomic E-state index is 4.84. The highest BCUT2D eigenvalue weighted by Crippen LogP contribution is 2.01. The summed E-state index contributed by atoms with van der Waals surface area (Å²) in [6, 6.07) is 0. The van der Waals surface area contributed by atoms with Gasteiger partial charge in [-0.15, -0.1) is 0 Å². The Hall–Kier alpha value is 0.190. The molecule has 0 amide bonds. The van der Waals surface area contributed by atoms with Crippen LogP contribution in [0.5, 0.6) is 0 Å². The molecule has 0 unspecified atom stereocenters. The van der Waals surface area contributed by atoms with Crippen LogP contribution in [0.2, 0.25) is 0 Å². The number of hydrogen-bond donors (Lipinski definition) is 3. The van der Waals surface area contributed by atoms with Gasteiger partial charge in [0.05, 0.1) is 13.2 Å². The molecule has 0 aromatic heterocycles. The summed E-state index contributed by atoms with van der Waals surface area (Å²) in [5.41, 5.74) is 0. The van der Waals surface area contributed by atoms with Gasteiger partial charge >= 0.3 is 0 Å². The molecule has 0 spiro atoms. The number of thiol groups is 1. The van der Waals surface area contributed by atoms with Gasteiger partial charge in [-0.3, -0.25) is 0 Å². The molecule has 0 heterocycles. The Kier molecular flexibility index (Phi) is 23.1. The highest BCUT2D eigenvalue weighted by Gasteiger charge is 1.86. The number of hydrogen-bond acceptors (Lipinski definition) is 5. The summed E-state index contributed by atoms with van der Waals surface area (Å²) in [6.07, 6.45) is 7.25. The zero-order valence-corrected chi connectivity index (χ0v) is 10.7. The SMILES string of the molecule is CCCCCCCON.NOCCCS. The zero-order chi connectivity index (χ0) is 11.8. The lowest BCUT2D eigenvalue weighted by Gasteiger charge is -1.96. The summed E-state index contributed by atoms with van der Waals surface area (Å²) in [7, 11) is 0. The van der Waals surface area contributed by atoms with E-state index in [1.54, 1.807) is 0 Å². The van der Waals surface area contributed by atoms with Crippen molar-refractivity contribution in [3.05, 3.63) is 0 Å². The quantitative estimate of drug-likeness (QED) is 0.326. The van der Waals surface area contributed by atoms with Crippen molar-refractivity contribution >= 4 is 12.6 Å². The highest BCUT2D eigenvalue weighted by atomic mass is 32.1. The van der Waals surface area contributed by atoms with Gasteiger partial charge in [-0.05, 0) is 18.6 Å². The van der Waals surface area contributed by atoms with Gasteiger partial charge in [0.15, 0.2) is 0 Å². The van der Waals surface area contributed by atoms with E-state index >= 15 is 0 Å². The molecule has 5 heteroatoms. The van der Waals surface area contributed by atoms with E-state index in [0.29, 0.717) is 13.2 Å². The Morgan fingerprint density at radius 2 is 1.40 bits per heavy atom. The first kappa shape index (κ1) is 17.6. The second kappa shape index (κ2) is 19.7. The van der Waals surface area contributed by atoms with Crippen molar-refractivity contribution < 1.29 is 9.68 Å². The summed E-state index contributed by atoms with van der Waals surface area (Å²) in [5.74, 6) is 10.4. The third-order valence-corrected chi connectivity index (χ3v) is 2.10. The predicted molar refractivity (Wildman–Crippen MR) is 67.5 cm³/mol. The van der Waals surface area contributed by atoms with E-state index in [1.807, 2.05) is 0 Å². The normalized spacial score (nSPS) is 9.60. The van der Waals surface area contributed by atoms with Gasteiger partial charge in [0.2, 0.25) is 0 Å². The summed E-state index contributed by atoms with van der Waals surface area (Å²) >= 11 is 3.92. The lowest BCUT2D eigenvalue weighted by atomic mass is 10.2. The molecule has 0 aliphatic heterocycles. The van der Waals surface area contributed by atoms with Crippen LogP contribution in [-0.4, -0.2) is 19.0 Å². The first-order chi connectivity index (χ1) is 7.33. The molecule has 15 heavy (non-hydrogen) atoms. The van der Waals surface area contributed by atoms with Crippen LogP contribution < -0.4 is 11.8 Å². The van der Waals surface area contributed by atoms with Crippen LogP contribution in [0.15, 0.2) is 0 Å². The molecule has 94 valence electrons. The first-order valence-corrected chi connectivity index (χ1v) is 6.20. The molecule has 0 aromatic carbocycles. The molecule has 0 rings (SSSR count). The maximum atomic E-state index is 4.84. The van der Waals surface area contributed by atoms with Crippen LogP contribution in [-0.2, 0) is 9.68 Å². The van der Waals surface area contributed by atoms with Crippen LogP contribution in [0.3, 0.4) is 0 Å². The molecule has 0 saturated heterocycles. The van der Waals surface area contributed by atoms with E-state index in [0.717, 1.165) is 18.6 Å². The van der Waals surface area contributed by atoms with Gasteiger partial charge in [-0.2, -0.15) is 12.6 Å². The minimum atomic E-state index is 0.615. The molecule has 4 nitrogen and oxygen atoms in total. The monoisotopic (exact) mass is 238 g/mol. The summed E-state index contributed by atoms with van der Waals surface area (Å²) < 4.78 is 0. The van der Waals surface area contributed by atoms with Gasteiger partial charge in [-0.25, -0.2) is 11.8 Å². The Morgan fingerprint density at radius 1 is 0.867 bits per heavy atom. The Labute approximate surface area is 99.0 Å². The minimum Gasteiger partial charge on any atom is -0.305 e. The standard InChI is InChI=1S/C7H17NO.C3H9NOS/c1-2-3-4-5-6-7-9-8;4-5-2-1-3-6/h2-8H2,1H3;6H,1-4H2. The number of nitrogens with two attached hydrogens (primary N) is 2. The molecule has 4 N–H and O–H groups in total.